The Morgan fingerprint density at radius 3 is 2.41 bits per heavy atom. The van der Waals surface area contributed by atoms with E-state index in [2.05, 4.69) is 5.10 Å². The molecule has 2 aliphatic heterocycles. The van der Waals surface area contributed by atoms with E-state index in [0.29, 0.717) is 18.7 Å². The summed E-state index contributed by atoms with van der Waals surface area (Å²) in [6.07, 6.45) is -3.91. The standard InChI is InChI=1S/C18H21F4N5O2/c19-12-2-4-13(5-3-12)27-15(16(23)28)10-14(24-27)17(29)26-7-1-6-25(8-9-26)11-18(20,21)22/h2-5,15H,1,6-11H2,(H2,23,28). The van der Waals surface area contributed by atoms with Crippen molar-refractivity contribution in [1.29, 1.82) is 0 Å². The van der Waals surface area contributed by atoms with Gasteiger partial charge in [-0.2, -0.15) is 18.3 Å². The van der Waals surface area contributed by atoms with Crippen LogP contribution in [0.25, 0.3) is 0 Å². The molecule has 0 bridgehead atoms. The van der Waals surface area contributed by atoms with Crippen molar-refractivity contribution in [2.45, 2.75) is 25.1 Å². The normalized spacial score (nSPS) is 21.1. The number of hydrazone groups is 1. The Morgan fingerprint density at radius 1 is 1.10 bits per heavy atom. The summed E-state index contributed by atoms with van der Waals surface area (Å²) < 4.78 is 51.0. The number of carbonyl (C=O) groups is 2. The summed E-state index contributed by atoms with van der Waals surface area (Å²) in [6, 6.07) is 4.35. The smallest absolute Gasteiger partial charge is 0.368 e. The van der Waals surface area contributed by atoms with Crippen LogP contribution in [0.4, 0.5) is 23.2 Å². The second kappa shape index (κ2) is 8.36. The van der Waals surface area contributed by atoms with Crippen LogP contribution in [0, 0.1) is 5.82 Å². The van der Waals surface area contributed by atoms with Crippen molar-refractivity contribution in [3.05, 3.63) is 30.1 Å². The molecule has 1 fully saturated rings. The second-order valence-electron chi connectivity index (χ2n) is 7.03. The Hall–Kier alpha value is -2.69. The number of rotatable bonds is 4. The number of primary amides is 1. The zero-order chi connectivity index (χ0) is 21.2. The van der Waals surface area contributed by atoms with Crippen LogP contribution >= 0.6 is 0 Å². The quantitative estimate of drug-likeness (QED) is 0.753. The van der Waals surface area contributed by atoms with Crippen LogP contribution in [0.1, 0.15) is 12.8 Å². The van der Waals surface area contributed by atoms with E-state index in [9.17, 15) is 27.2 Å². The molecule has 1 aromatic rings. The molecule has 1 atom stereocenters. The minimum atomic E-state index is -4.29. The number of carbonyl (C=O) groups excluding carboxylic acids is 2. The largest absolute Gasteiger partial charge is 0.401 e. The summed E-state index contributed by atoms with van der Waals surface area (Å²) in [6.45, 7) is -0.255. The number of hydrogen-bond donors (Lipinski definition) is 1. The minimum absolute atomic E-state index is 0.0195. The van der Waals surface area contributed by atoms with E-state index in [4.69, 9.17) is 5.73 Å². The van der Waals surface area contributed by atoms with E-state index in [-0.39, 0.29) is 31.8 Å². The first-order valence-electron chi connectivity index (χ1n) is 9.14. The van der Waals surface area contributed by atoms with Gasteiger partial charge < -0.3 is 10.6 Å². The van der Waals surface area contributed by atoms with Crippen LogP contribution < -0.4 is 10.7 Å². The highest BCUT2D eigenvalue weighted by molar-refractivity contribution is 6.40. The van der Waals surface area contributed by atoms with Crippen molar-refractivity contribution in [2.75, 3.05) is 37.7 Å². The van der Waals surface area contributed by atoms with Gasteiger partial charge in [0, 0.05) is 32.6 Å². The summed E-state index contributed by atoms with van der Waals surface area (Å²) in [5.41, 5.74) is 5.94. The van der Waals surface area contributed by atoms with Gasteiger partial charge in [-0.05, 0) is 30.7 Å². The Bertz CT molecular complexity index is 796. The van der Waals surface area contributed by atoms with E-state index in [1.54, 1.807) is 0 Å². The SMILES string of the molecule is NC(=O)C1CC(C(=O)N2CCCN(CC(F)(F)F)CC2)=NN1c1ccc(F)cc1. The fourth-order valence-electron chi connectivity index (χ4n) is 3.46. The molecule has 0 saturated carbocycles. The van der Waals surface area contributed by atoms with Gasteiger partial charge in [-0.25, -0.2) is 4.39 Å². The first kappa shape index (κ1) is 21.0. The van der Waals surface area contributed by atoms with Crippen LogP contribution in [0.3, 0.4) is 0 Å². The molecule has 0 aliphatic carbocycles. The van der Waals surface area contributed by atoms with Crippen LogP contribution in [-0.4, -0.2) is 72.3 Å². The molecule has 29 heavy (non-hydrogen) atoms. The highest BCUT2D eigenvalue weighted by Crippen LogP contribution is 2.26. The highest BCUT2D eigenvalue weighted by Gasteiger charge is 2.37. The highest BCUT2D eigenvalue weighted by atomic mass is 19.4. The molecule has 2 amide bonds. The molecule has 0 radical (unpaired) electrons. The zero-order valence-corrected chi connectivity index (χ0v) is 15.5. The van der Waals surface area contributed by atoms with Crippen molar-refractivity contribution < 1.29 is 27.2 Å². The van der Waals surface area contributed by atoms with Crippen molar-refractivity contribution in [1.82, 2.24) is 9.80 Å². The zero-order valence-electron chi connectivity index (χ0n) is 15.5. The second-order valence-corrected chi connectivity index (χ2v) is 7.03. The molecule has 0 aromatic heterocycles. The molecule has 1 unspecified atom stereocenters. The van der Waals surface area contributed by atoms with Gasteiger partial charge in [-0.3, -0.25) is 19.5 Å². The van der Waals surface area contributed by atoms with Gasteiger partial charge in [0.1, 0.15) is 17.6 Å². The maximum absolute atomic E-state index is 13.2. The number of nitrogens with two attached hydrogens (primary N) is 1. The molecule has 2 N–H and O–H groups in total. The average molecular weight is 415 g/mol. The number of nitrogens with zero attached hydrogens (tertiary/aromatic N) is 4. The Morgan fingerprint density at radius 2 is 1.79 bits per heavy atom. The molecule has 7 nitrogen and oxygen atoms in total. The van der Waals surface area contributed by atoms with Crippen molar-refractivity contribution >= 4 is 23.2 Å². The Balaban J connectivity index is 1.72. The molecular weight excluding hydrogens is 394 g/mol. The van der Waals surface area contributed by atoms with Gasteiger partial charge in [0.15, 0.2) is 0 Å². The fourth-order valence-corrected chi connectivity index (χ4v) is 3.46. The van der Waals surface area contributed by atoms with Gasteiger partial charge in [-0.1, -0.05) is 0 Å². The monoisotopic (exact) mass is 415 g/mol. The van der Waals surface area contributed by atoms with Crippen LogP contribution in [0.2, 0.25) is 0 Å². The number of alkyl halides is 3. The predicted molar refractivity (Wildman–Crippen MR) is 97.6 cm³/mol. The van der Waals surface area contributed by atoms with E-state index < -0.39 is 36.4 Å². The molecule has 2 heterocycles. The maximum atomic E-state index is 13.2. The van der Waals surface area contributed by atoms with Crippen LogP contribution in [-0.2, 0) is 9.59 Å². The number of anilines is 1. The lowest BCUT2D eigenvalue weighted by molar-refractivity contribution is -0.145. The summed E-state index contributed by atoms with van der Waals surface area (Å²) >= 11 is 0. The Labute approximate surface area is 164 Å². The third-order valence-corrected chi connectivity index (χ3v) is 4.86. The third-order valence-electron chi connectivity index (χ3n) is 4.86. The van der Waals surface area contributed by atoms with Crippen molar-refractivity contribution in [3.63, 3.8) is 0 Å². The number of halogens is 4. The van der Waals surface area contributed by atoms with Crippen LogP contribution in [0.15, 0.2) is 29.4 Å². The molecule has 3 rings (SSSR count). The van der Waals surface area contributed by atoms with Gasteiger partial charge in [-0.15, -0.1) is 0 Å². The van der Waals surface area contributed by atoms with E-state index in [1.807, 2.05) is 0 Å². The van der Waals surface area contributed by atoms with Crippen molar-refractivity contribution in [2.24, 2.45) is 10.8 Å². The lowest BCUT2D eigenvalue weighted by Crippen LogP contribution is -2.42. The van der Waals surface area contributed by atoms with Crippen LogP contribution in [0.5, 0.6) is 0 Å². The summed E-state index contributed by atoms with van der Waals surface area (Å²) in [7, 11) is 0. The fraction of sp³-hybridized carbons (Fsp3) is 0.500. The topological polar surface area (TPSA) is 82.2 Å². The molecule has 11 heteroatoms. The van der Waals surface area contributed by atoms with Crippen molar-refractivity contribution in [3.8, 4) is 0 Å². The summed E-state index contributed by atoms with van der Waals surface area (Å²) in [5, 5.41) is 5.50. The lowest BCUT2D eigenvalue weighted by Gasteiger charge is -2.22. The number of hydrogen-bond acceptors (Lipinski definition) is 5. The third kappa shape index (κ3) is 5.22. The number of amides is 2. The molecule has 1 saturated heterocycles. The van der Waals surface area contributed by atoms with Gasteiger partial charge in [0.25, 0.3) is 5.91 Å². The number of benzene rings is 1. The Kier molecular flexibility index (Phi) is 6.06. The molecule has 0 spiro atoms. The first-order valence-corrected chi connectivity index (χ1v) is 9.14. The molecule has 2 aliphatic rings. The van der Waals surface area contributed by atoms with Gasteiger partial charge >= 0.3 is 6.18 Å². The molecular formula is C18H21F4N5O2. The molecule has 1 aromatic carbocycles. The first-order chi connectivity index (χ1) is 13.6. The van der Waals surface area contributed by atoms with E-state index >= 15 is 0 Å². The lowest BCUT2D eigenvalue weighted by atomic mass is 10.1. The van der Waals surface area contributed by atoms with Gasteiger partial charge in [0.2, 0.25) is 5.91 Å². The molecule has 158 valence electrons. The maximum Gasteiger partial charge on any atom is 0.401 e. The van der Waals surface area contributed by atoms with E-state index in [1.165, 1.54) is 39.1 Å². The average Bonchev–Trinajstić information content (AvgIpc) is 2.96. The predicted octanol–water partition coefficient (Wildman–Crippen LogP) is 1.34. The minimum Gasteiger partial charge on any atom is -0.368 e. The van der Waals surface area contributed by atoms with E-state index in [0.717, 1.165) is 0 Å². The summed E-state index contributed by atoms with van der Waals surface area (Å²) in [4.78, 5) is 27.4. The summed E-state index contributed by atoms with van der Waals surface area (Å²) in [5.74, 6) is -1.58. The van der Waals surface area contributed by atoms with Gasteiger partial charge in [0.05, 0.1) is 12.2 Å².